The van der Waals surface area contributed by atoms with E-state index >= 15 is 0 Å². The Hall–Kier alpha value is -1.75. The van der Waals surface area contributed by atoms with E-state index in [1.54, 1.807) is 0 Å². The van der Waals surface area contributed by atoms with E-state index in [2.05, 4.69) is 48.5 Å². The van der Waals surface area contributed by atoms with Crippen LogP contribution >= 0.6 is 0 Å². The number of rotatable bonds is 17. The van der Waals surface area contributed by atoms with Gasteiger partial charge in [0.15, 0.2) is 6.61 Å². The summed E-state index contributed by atoms with van der Waals surface area (Å²) in [6.45, 7) is 17.6. The summed E-state index contributed by atoms with van der Waals surface area (Å²) in [5, 5.41) is 8.84. The Kier molecular flexibility index (Phi) is 13.4. The van der Waals surface area contributed by atoms with Gasteiger partial charge >= 0.3 is 5.97 Å². The van der Waals surface area contributed by atoms with Crippen LogP contribution in [0.2, 0.25) is 0 Å². The minimum absolute atomic E-state index is 0.00759. The molecule has 1 aliphatic rings. The Labute approximate surface area is 233 Å². The molecule has 5 nitrogen and oxygen atoms in total. The van der Waals surface area contributed by atoms with Crippen LogP contribution in [0.5, 0.6) is 11.5 Å². The summed E-state index contributed by atoms with van der Waals surface area (Å²) in [6.07, 6.45) is 13.7. The molecule has 1 aliphatic heterocycles. The van der Waals surface area contributed by atoms with Gasteiger partial charge in [-0.3, -0.25) is 0 Å². The van der Waals surface area contributed by atoms with E-state index in [9.17, 15) is 4.79 Å². The summed E-state index contributed by atoms with van der Waals surface area (Å²) in [7, 11) is 0. The molecule has 2 unspecified atom stereocenters. The third-order valence-electron chi connectivity index (χ3n) is 8.53. The van der Waals surface area contributed by atoms with E-state index < -0.39 is 5.97 Å². The maximum atomic E-state index is 11.9. The van der Waals surface area contributed by atoms with Crippen molar-refractivity contribution in [1.29, 1.82) is 0 Å². The molecule has 1 aromatic rings. The molecule has 0 bridgehead atoms. The van der Waals surface area contributed by atoms with Gasteiger partial charge in [-0.1, -0.05) is 72.6 Å². The van der Waals surface area contributed by atoms with Gasteiger partial charge in [-0.05, 0) is 87.8 Å². The van der Waals surface area contributed by atoms with E-state index in [4.69, 9.17) is 19.3 Å². The molecular formula is C33H56O5. The SMILES string of the molecule is Cc1c(C)c2c(c(C)c1OCC(=O)OCCO)CC[C@@](C)(CCCC(C)CCCC(C)CCCC(C)C)O2. The van der Waals surface area contributed by atoms with E-state index in [0.29, 0.717) is 0 Å². The van der Waals surface area contributed by atoms with Crippen LogP contribution in [0.15, 0.2) is 0 Å². The molecule has 218 valence electrons. The topological polar surface area (TPSA) is 65.0 Å². The van der Waals surface area contributed by atoms with Gasteiger partial charge in [0, 0.05) is 5.56 Å². The lowest BCUT2D eigenvalue weighted by atomic mass is 9.83. The van der Waals surface area contributed by atoms with E-state index in [0.717, 1.165) is 65.2 Å². The number of ether oxygens (including phenoxy) is 3. The number of fused-ring (bicyclic) bond motifs is 1. The predicted molar refractivity (Wildman–Crippen MR) is 156 cm³/mol. The highest BCUT2D eigenvalue weighted by Gasteiger charge is 2.34. The van der Waals surface area contributed by atoms with Crippen LogP contribution in [0.4, 0.5) is 0 Å². The second kappa shape index (κ2) is 15.7. The maximum absolute atomic E-state index is 11.9. The fourth-order valence-electron chi connectivity index (χ4n) is 5.81. The standard InChI is InChI=1S/C33H56O5/c1-23(2)12-9-13-24(3)14-10-15-25(4)16-11-18-33(8)19-17-29-28(7)31(26(5)27(6)32(29)38-33)37-22-30(35)36-21-20-34/h23-25,34H,9-22H2,1-8H3/t24?,25?,33-/m1/s1. The normalized spacial score (nSPS) is 18.6. The third-order valence-corrected chi connectivity index (χ3v) is 8.53. The highest BCUT2D eigenvalue weighted by molar-refractivity contribution is 5.71. The van der Waals surface area contributed by atoms with Gasteiger partial charge in [-0.2, -0.15) is 0 Å². The summed E-state index contributed by atoms with van der Waals surface area (Å²) >= 11 is 0. The lowest BCUT2D eigenvalue weighted by Crippen LogP contribution is -2.37. The second-order valence-corrected chi connectivity index (χ2v) is 12.7. The summed E-state index contributed by atoms with van der Waals surface area (Å²) in [4.78, 5) is 11.9. The Morgan fingerprint density at radius 3 is 2.13 bits per heavy atom. The Bertz CT molecular complexity index is 877. The molecule has 0 saturated heterocycles. The van der Waals surface area contributed by atoms with Crippen LogP contribution in [-0.2, 0) is 16.0 Å². The van der Waals surface area contributed by atoms with E-state index in [1.165, 1.54) is 56.9 Å². The second-order valence-electron chi connectivity index (χ2n) is 12.7. The van der Waals surface area contributed by atoms with Crippen LogP contribution in [-0.4, -0.2) is 36.5 Å². The van der Waals surface area contributed by atoms with Crippen molar-refractivity contribution in [1.82, 2.24) is 0 Å². The van der Waals surface area contributed by atoms with Gasteiger partial charge < -0.3 is 19.3 Å². The lowest BCUT2D eigenvalue weighted by molar-refractivity contribution is -0.147. The zero-order valence-corrected chi connectivity index (χ0v) is 25.7. The molecule has 0 fully saturated rings. The third kappa shape index (κ3) is 10.1. The molecule has 38 heavy (non-hydrogen) atoms. The summed E-state index contributed by atoms with van der Waals surface area (Å²) < 4.78 is 17.5. The van der Waals surface area contributed by atoms with Gasteiger partial charge in [-0.25, -0.2) is 4.79 Å². The lowest BCUT2D eigenvalue weighted by Gasteiger charge is -2.38. The molecule has 0 aliphatic carbocycles. The smallest absolute Gasteiger partial charge is 0.344 e. The van der Waals surface area contributed by atoms with Crippen molar-refractivity contribution in [2.45, 2.75) is 132 Å². The minimum Gasteiger partial charge on any atom is -0.487 e. The van der Waals surface area contributed by atoms with Gasteiger partial charge in [0.1, 0.15) is 23.7 Å². The van der Waals surface area contributed by atoms with Gasteiger partial charge in [-0.15, -0.1) is 0 Å². The van der Waals surface area contributed by atoms with Crippen molar-refractivity contribution < 1.29 is 24.1 Å². The molecule has 1 aromatic carbocycles. The highest BCUT2D eigenvalue weighted by Crippen LogP contribution is 2.45. The number of carbonyl (C=O) groups excluding carboxylic acids is 1. The molecule has 0 spiro atoms. The van der Waals surface area contributed by atoms with Crippen molar-refractivity contribution >= 4 is 5.97 Å². The fourth-order valence-corrected chi connectivity index (χ4v) is 5.81. The largest absolute Gasteiger partial charge is 0.487 e. The number of hydrogen-bond donors (Lipinski definition) is 1. The average molecular weight is 533 g/mol. The first-order valence-electron chi connectivity index (χ1n) is 15.2. The number of aliphatic hydroxyl groups is 1. The Morgan fingerprint density at radius 2 is 1.53 bits per heavy atom. The van der Waals surface area contributed by atoms with E-state index in [-0.39, 0.29) is 25.4 Å². The maximum Gasteiger partial charge on any atom is 0.344 e. The first-order chi connectivity index (χ1) is 18.0. The number of benzene rings is 1. The number of hydrogen-bond acceptors (Lipinski definition) is 5. The molecule has 2 rings (SSSR count). The van der Waals surface area contributed by atoms with Crippen LogP contribution in [0, 0.1) is 38.5 Å². The quantitative estimate of drug-likeness (QED) is 0.206. The number of esters is 1. The van der Waals surface area contributed by atoms with Crippen LogP contribution in [0.3, 0.4) is 0 Å². The zero-order valence-electron chi connectivity index (χ0n) is 25.7. The minimum atomic E-state index is -0.470. The molecule has 0 radical (unpaired) electrons. The average Bonchev–Trinajstić information content (AvgIpc) is 2.85. The van der Waals surface area contributed by atoms with Gasteiger partial charge in [0.25, 0.3) is 0 Å². The first-order valence-corrected chi connectivity index (χ1v) is 15.2. The molecule has 5 heteroatoms. The van der Waals surface area contributed by atoms with Crippen LogP contribution in [0.25, 0.3) is 0 Å². The summed E-state index contributed by atoms with van der Waals surface area (Å²) in [5.74, 6) is 3.74. The zero-order chi connectivity index (χ0) is 28.3. The highest BCUT2D eigenvalue weighted by atomic mass is 16.6. The molecule has 1 N–H and O–H groups in total. The molecule has 0 aromatic heterocycles. The van der Waals surface area contributed by atoms with E-state index in [1.807, 2.05) is 6.92 Å². The summed E-state index contributed by atoms with van der Waals surface area (Å²) in [6, 6.07) is 0. The van der Waals surface area contributed by atoms with Crippen molar-refractivity contribution in [2.24, 2.45) is 17.8 Å². The van der Waals surface area contributed by atoms with Crippen molar-refractivity contribution in [3.05, 3.63) is 22.3 Å². The Morgan fingerprint density at radius 1 is 0.921 bits per heavy atom. The predicted octanol–water partition coefficient (Wildman–Crippen LogP) is 8.05. The number of carbonyl (C=O) groups is 1. The van der Waals surface area contributed by atoms with Gasteiger partial charge in [0.2, 0.25) is 0 Å². The molecule has 0 saturated carbocycles. The molecule has 3 atom stereocenters. The number of aliphatic hydroxyl groups excluding tert-OH is 1. The van der Waals surface area contributed by atoms with Crippen LogP contribution in [0.1, 0.15) is 121 Å². The van der Waals surface area contributed by atoms with Crippen molar-refractivity contribution in [3.63, 3.8) is 0 Å². The molecule has 1 heterocycles. The first kappa shape index (κ1) is 32.5. The molecular weight excluding hydrogens is 476 g/mol. The molecule has 0 amide bonds. The summed E-state index contributed by atoms with van der Waals surface area (Å²) in [5.41, 5.74) is 4.20. The van der Waals surface area contributed by atoms with Crippen molar-refractivity contribution in [2.75, 3.05) is 19.8 Å². The van der Waals surface area contributed by atoms with Crippen molar-refractivity contribution in [3.8, 4) is 11.5 Å². The Balaban J connectivity index is 1.84. The van der Waals surface area contributed by atoms with Gasteiger partial charge in [0.05, 0.1) is 6.61 Å². The monoisotopic (exact) mass is 532 g/mol. The van der Waals surface area contributed by atoms with Crippen LogP contribution < -0.4 is 9.47 Å². The fraction of sp³-hybridized carbons (Fsp3) is 0.788.